The minimum Gasteiger partial charge on any atom is -0.468 e. The lowest BCUT2D eigenvalue weighted by Gasteiger charge is -2.08. The summed E-state index contributed by atoms with van der Waals surface area (Å²) in [6.45, 7) is 1.58. The van der Waals surface area contributed by atoms with E-state index in [0.29, 0.717) is 0 Å². The highest BCUT2D eigenvalue weighted by atomic mass is 16.5. The van der Waals surface area contributed by atoms with Crippen molar-refractivity contribution < 1.29 is 14.3 Å². The number of esters is 1. The maximum Gasteiger partial charge on any atom is 0.315 e. The van der Waals surface area contributed by atoms with Crippen molar-refractivity contribution in [2.24, 2.45) is 5.92 Å². The van der Waals surface area contributed by atoms with Crippen molar-refractivity contribution in [1.82, 2.24) is 0 Å². The van der Waals surface area contributed by atoms with Crippen LogP contribution in [0, 0.1) is 5.92 Å². The molecule has 21 heavy (non-hydrogen) atoms. The van der Waals surface area contributed by atoms with Crippen LogP contribution in [0.2, 0.25) is 0 Å². The topological polar surface area (TPSA) is 43.4 Å². The highest BCUT2D eigenvalue weighted by molar-refractivity contribution is 5.99. The monoisotopic (exact) mass is 282 g/mol. The molecule has 0 spiro atoms. The van der Waals surface area contributed by atoms with Gasteiger partial charge in [-0.25, -0.2) is 0 Å². The maximum atomic E-state index is 12.0. The Kier molecular flexibility index (Phi) is 4.88. The minimum atomic E-state index is -0.719. The molecule has 2 aromatic carbocycles. The minimum absolute atomic E-state index is 0.130. The quantitative estimate of drug-likeness (QED) is 0.624. The molecule has 1 unspecified atom stereocenters. The number of Topliss-reactive ketones (excluding diaryl/α,β-unsaturated/α-hetero) is 1. The van der Waals surface area contributed by atoms with Gasteiger partial charge in [-0.3, -0.25) is 9.59 Å². The number of ether oxygens (including phenoxy) is 1. The van der Waals surface area contributed by atoms with Crippen LogP contribution in [0.3, 0.4) is 0 Å². The lowest BCUT2D eigenvalue weighted by atomic mass is 9.97. The van der Waals surface area contributed by atoms with Crippen LogP contribution < -0.4 is 0 Å². The Morgan fingerprint density at radius 2 is 1.52 bits per heavy atom. The molecule has 1 atom stereocenters. The summed E-state index contributed by atoms with van der Waals surface area (Å²) < 4.78 is 4.59. The van der Waals surface area contributed by atoms with E-state index in [-0.39, 0.29) is 12.2 Å². The van der Waals surface area contributed by atoms with Gasteiger partial charge >= 0.3 is 5.97 Å². The molecule has 0 saturated carbocycles. The van der Waals surface area contributed by atoms with Gasteiger partial charge < -0.3 is 4.74 Å². The fourth-order valence-corrected chi connectivity index (χ4v) is 2.11. The molecule has 0 amide bonds. The summed E-state index contributed by atoms with van der Waals surface area (Å²) in [6, 6.07) is 17.9. The molecular weight excluding hydrogens is 264 g/mol. The van der Waals surface area contributed by atoms with Crippen LogP contribution >= 0.6 is 0 Å². The summed E-state index contributed by atoms with van der Waals surface area (Å²) >= 11 is 0. The molecule has 0 heterocycles. The zero-order valence-corrected chi connectivity index (χ0v) is 12.2. The number of carbonyl (C=O) groups excluding carboxylic acids is 2. The van der Waals surface area contributed by atoms with Gasteiger partial charge in [0.15, 0.2) is 5.78 Å². The van der Waals surface area contributed by atoms with E-state index >= 15 is 0 Å². The van der Waals surface area contributed by atoms with Crippen LogP contribution in [0.5, 0.6) is 0 Å². The highest BCUT2D eigenvalue weighted by Gasteiger charge is 2.21. The number of hydrogen-bond donors (Lipinski definition) is 0. The second-order valence-electron chi connectivity index (χ2n) is 4.95. The Bertz CT molecular complexity index is 615. The molecule has 0 aliphatic heterocycles. The fourth-order valence-electron chi connectivity index (χ4n) is 2.11. The molecule has 0 saturated heterocycles. The third-order valence-corrected chi connectivity index (χ3v) is 3.48. The average molecular weight is 282 g/mol. The zero-order chi connectivity index (χ0) is 15.2. The first-order chi connectivity index (χ1) is 10.1. The summed E-state index contributed by atoms with van der Waals surface area (Å²) in [7, 11) is 1.29. The summed E-state index contributed by atoms with van der Waals surface area (Å²) in [4.78, 5) is 23.3. The van der Waals surface area contributed by atoms with Crippen LogP contribution in [0.1, 0.15) is 12.5 Å². The summed E-state index contributed by atoms with van der Waals surface area (Å²) in [5, 5.41) is 0. The van der Waals surface area contributed by atoms with Gasteiger partial charge in [0.2, 0.25) is 0 Å². The Balaban J connectivity index is 2.06. The van der Waals surface area contributed by atoms with E-state index in [1.165, 1.54) is 7.11 Å². The van der Waals surface area contributed by atoms with E-state index in [0.717, 1.165) is 16.7 Å². The number of rotatable bonds is 5. The van der Waals surface area contributed by atoms with Crippen LogP contribution in [0.15, 0.2) is 54.6 Å². The van der Waals surface area contributed by atoms with Gasteiger partial charge in [0.05, 0.1) is 7.11 Å². The third kappa shape index (κ3) is 3.78. The van der Waals surface area contributed by atoms with Gasteiger partial charge in [-0.1, -0.05) is 54.6 Å². The first-order valence-electron chi connectivity index (χ1n) is 6.86. The van der Waals surface area contributed by atoms with Crippen LogP contribution in [-0.2, 0) is 20.7 Å². The standard InChI is InChI=1S/C18H18O3/c1-13(18(20)21-2)17(19)12-14-8-10-16(11-9-14)15-6-4-3-5-7-15/h3-11,13H,12H2,1-2H3. The van der Waals surface area contributed by atoms with E-state index < -0.39 is 11.9 Å². The number of ketones is 1. The predicted octanol–water partition coefficient (Wildman–Crippen LogP) is 3.27. The van der Waals surface area contributed by atoms with Gasteiger partial charge in [-0.2, -0.15) is 0 Å². The first-order valence-corrected chi connectivity index (χ1v) is 6.86. The Labute approximate surface area is 124 Å². The van der Waals surface area contributed by atoms with Gasteiger partial charge in [0.25, 0.3) is 0 Å². The first kappa shape index (κ1) is 15.0. The normalized spacial score (nSPS) is 11.7. The molecule has 0 aliphatic carbocycles. The lowest BCUT2D eigenvalue weighted by molar-refractivity contribution is -0.148. The molecule has 108 valence electrons. The number of benzene rings is 2. The molecule has 0 bridgehead atoms. The largest absolute Gasteiger partial charge is 0.468 e. The molecule has 0 aliphatic rings. The highest BCUT2D eigenvalue weighted by Crippen LogP contribution is 2.19. The smallest absolute Gasteiger partial charge is 0.315 e. The van der Waals surface area contributed by atoms with Gasteiger partial charge in [-0.05, 0) is 23.6 Å². The Hall–Kier alpha value is -2.42. The Morgan fingerprint density at radius 3 is 2.10 bits per heavy atom. The van der Waals surface area contributed by atoms with Gasteiger partial charge in [-0.15, -0.1) is 0 Å². The number of methoxy groups -OCH3 is 1. The summed E-state index contributed by atoms with van der Waals surface area (Å²) in [6.07, 6.45) is 0.241. The average Bonchev–Trinajstić information content (AvgIpc) is 2.54. The van der Waals surface area contributed by atoms with Crippen LogP contribution in [0.4, 0.5) is 0 Å². The Morgan fingerprint density at radius 1 is 0.952 bits per heavy atom. The lowest BCUT2D eigenvalue weighted by Crippen LogP contribution is -2.23. The second kappa shape index (κ2) is 6.84. The molecule has 2 rings (SSSR count). The maximum absolute atomic E-state index is 12.0. The van der Waals surface area contributed by atoms with Crippen molar-refractivity contribution in [3.05, 3.63) is 60.2 Å². The van der Waals surface area contributed by atoms with Crippen molar-refractivity contribution in [2.45, 2.75) is 13.3 Å². The molecule has 0 radical (unpaired) electrons. The summed E-state index contributed by atoms with van der Waals surface area (Å²) in [5.41, 5.74) is 3.14. The van der Waals surface area contributed by atoms with E-state index in [1.807, 2.05) is 54.6 Å². The van der Waals surface area contributed by atoms with Crippen molar-refractivity contribution in [2.75, 3.05) is 7.11 Å². The van der Waals surface area contributed by atoms with Crippen molar-refractivity contribution in [3.63, 3.8) is 0 Å². The van der Waals surface area contributed by atoms with E-state index in [4.69, 9.17) is 0 Å². The molecule has 0 N–H and O–H groups in total. The van der Waals surface area contributed by atoms with Crippen LogP contribution in [-0.4, -0.2) is 18.9 Å². The van der Waals surface area contributed by atoms with Crippen molar-refractivity contribution in [1.29, 1.82) is 0 Å². The molecule has 0 fully saturated rings. The fraction of sp³-hybridized carbons (Fsp3) is 0.222. The second-order valence-corrected chi connectivity index (χ2v) is 4.95. The SMILES string of the molecule is COC(=O)C(C)C(=O)Cc1ccc(-c2ccccc2)cc1. The number of carbonyl (C=O) groups is 2. The molecule has 3 heteroatoms. The van der Waals surface area contributed by atoms with E-state index in [1.54, 1.807) is 6.92 Å². The van der Waals surface area contributed by atoms with Gasteiger partial charge in [0.1, 0.15) is 5.92 Å². The molecule has 0 aromatic heterocycles. The van der Waals surface area contributed by atoms with E-state index in [2.05, 4.69) is 4.74 Å². The predicted molar refractivity (Wildman–Crippen MR) is 81.8 cm³/mol. The third-order valence-electron chi connectivity index (χ3n) is 3.48. The van der Waals surface area contributed by atoms with Crippen molar-refractivity contribution >= 4 is 11.8 Å². The molecular formula is C18H18O3. The molecule has 3 nitrogen and oxygen atoms in total. The van der Waals surface area contributed by atoms with Crippen LogP contribution in [0.25, 0.3) is 11.1 Å². The summed E-state index contributed by atoms with van der Waals surface area (Å²) in [5.74, 6) is -1.33. The van der Waals surface area contributed by atoms with Crippen molar-refractivity contribution in [3.8, 4) is 11.1 Å². The van der Waals surface area contributed by atoms with Gasteiger partial charge in [0, 0.05) is 6.42 Å². The number of hydrogen-bond acceptors (Lipinski definition) is 3. The zero-order valence-electron chi connectivity index (χ0n) is 12.2. The van der Waals surface area contributed by atoms with E-state index in [9.17, 15) is 9.59 Å². The molecule has 2 aromatic rings.